The van der Waals surface area contributed by atoms with Crippen molar-refractivity contribution in [3.63, 3.8) is 0 Å². The van der Waals surface area contributed by atoms with Gasteiger partial charge < -0.3 is 14.6 Å². The number of benzene rings is 2. The quantitative estimate of drug-likeness (QED) is 0.619. The van der Waals surface area contributed by atoms with Crippen LogP contribution in [0.4, 0.5) is 0 Å². The summed E-state index contributed by atoms with van der Waals surface area (Å²) >= 11 is 1.21. The maximum absolute atomic E-state index is 12.8. The molecule has 4 rings (SSSR count). The number of methoxy groups -OCH3 is 1. The lowest BCUT2D eigenvalue weighted by Gasteiger charge is -2.06. The van der Waals surface area contributed by atoms with E-state index in [4.69, 9.17) is 4.74 Å². The van der Waals surface area contributed by atoms with E-state index in [1.54, 1.807) is 12.1 Å². The zero-order valence-corrected chi connectivity index (χ0v) is 17.2. The van der Waals surface area contributed by atoms with Gasteiger partial charge in [0.2, 0.25) is 0 Å². The van der Waals surface area contributed by atoms with Crippen LogP contribution in [-0.2, 0) is 26.7 Å². The second-order valence-corrected chi connectivity index (χ2v) is 9.94. The fourth-order valence-corrected chi connectivity index (χ4v) is 5.95. The number of esters is 1. The fraction of sp³-hybridized carbons (Fsp3) is 0.190. The van der Waals surface area contributed by atoms with E-state index in [1.165, 1.54) is 36.6 Å². The van der Waals surface area contributed by atoms with E-state index in [2.05, 4.69) is 4.74 Å². The number of phenolic OH excluding ortho intramolecular Hbond substituents is 1. The highest BCUT2D eigenvalue weighted by Crippen LogP contribution is 2.36. The third-order valence-electron chi connectivity index (χ3n) is 4.69. The highest BCUT2D eigenvalue weighted by Gasteiger charge is 2.21. The van der Waals surface area contributed by atoms with E-state index in [9.17, 15) is 18.3 Å². The molecule has 2 aromatic carbocycles. The van der Waals surface area contributed by atoms with E-state index in [-0.39, 0.29) is 21.3 Å². The first-order chi connectivity index (χ1) is 13.9. The number of phenols is 1. The minimum Gasteiger partial charge on any atom is -0.507 e. The summed E-state index contributed by atoms with van der Waals surface area (Å²) < 4.78 is 36.0. The first-order valence-electron chi connectivity index (χ1n) is 8.86. The van der Waals surface area contributed by atoms with Crippen LogP contribution in [0.15, 0.2) is 52.7 Å². The van der Waals surface area contributed by atoms with Crippen molar-refractivity contribution in [2.45, 2.75) is 16.4 Å². The summed E-state index contributed by atoms with van der Waals surface area (Å²) in [4.78, 5) is 12.4. The van der Waals surface area contributed by atoms with Crippen molar-refractivity contribution in [3.05, 3.63) is 65.2 Å². The predicted molar refractivity (Wildman–Crippen MR) is 109 cm³/mol. The summed E-state index contributed by atoms with van der Waals surface area (Å²) in [5.41, 5.74) is 2.47. The van der Waals surface area contributed by atoms with Crippen LogP contribution in [-0.4, -0.2) is 33.2 Å². The first kappa shape index (κ1) is 19.5. The Balaban J connectivity index is 1.57. The van der Waals surface area contributed by atoms with Crippen LogP contribution in [0.25, 0.3) is 10.4 Å². The maximum atomic E-state index is 12.8. The summed E-state index contributed by atoms with van der Waals surface area (Å²) in [6.07, 6.45) is 0.852. The zero-order chi connectivity index (χ0) is 20.6. The van der Waals surface area contributed by atoms with Gasteiger partial charge in [0, 0.05) is 11.3 Å². The van der Waals surface area contributed by atoms with Gasteiger partial charge in [-0.15, -0.1) is 11.3 Å². The van der Waals surface area contributed by atoms with Gasteiger partial charge >= 0.3 is 5.97 Å². The van der Waals surface area contributed by atoms with Crippen LogP contribution in [0.1, 0.15) is 21.5 Å². The Kier molecular flexibility index (Phi) is 5.06. The number of rotatable bonds is 5. The third kappa shape index (κ3) is 3.86. The fourth-order valence-electron chi connectivity index (χ4n) is 3.22. The van der Waals surface area contributed by atoms with Crippen molar-refractivity contribution in [2.75, 3.05) is 13.7 Å². The molecule has 1 aromatic heterocycles. The summed E-state index contributed by atoms with van der Waals surface area (Å²) in [5, 5.41) is 9.99. The Morgan fingerprint density at radius 2 is 2.00 bits per heavy atom. The molecule has 2 heterocycles. The Morgan fingerprint density at radius 3 is 2.76 bits per heavy atom. The summed E-state index contributed by atoms with van der Waals surface area (Å²) in [6.45, 7) is 0.671. The molecule has 0 saturated heterocycles. The maximum Gasteiger partial charge on any atom is 0.341 e. The van der Waals surface area contributed by atoms with Crippen LogP contribution >= 0.6 is 11.3 Å². The first-order valence-corrected chi connectivity index (χ1v) is 11.3. The molecule has 0 radical (unpaired) electrons. The molecule has 0 atom stereocenters. The lowest BCUT2D eigenvalue weighted by Crippen LogP contribution is -2.05. The smallest absolute Gasteiger partial charge is 0.341 e. The number of hydrogen-bond acceptors (Lipinski definition) is 7. The number of fused-ring (bicyclic) bond motifs is 1. The molecule has 1 N–H and O–H groups in total. The van der Waals surface area contributed by atoms with Gasteiger partial charge in [-0.1, -0.05) is 6.07 Å². The molecule has 0 bridgehead atoms. The molecule has 0 amide bonds. The van der Waals surface area contributed by atoms with Gasteiger partial charge in [0.15, 0.2) is 9.84 Å². The molecule has 0 saturated carbocycles. The molecule has 1 aliphatic rings. The number of sulfone groups is 1. The highest BCUT2D eigenvalue weighted by molar-refractivity contribution is 7.92. The Hall–Kier alpha value is -2.84. The lowest BCUT2D eigenvalue weighted by molar-refractivity contribution is 0.0597. The largest absolute Gasteiger partial charge is 0.507 e. The van der Waals surface area contributed by atoms with Gasteiger partial charge in [-0.2, -0.15) is 0 Å². The predicted octanol–water partition coefficient (Wildman–Crippen LogP) is 3.82. The second-order valence-electron chi connectivity index (χ2n) is 6.64. The van der Waals surface area contributed by atoms with Crippen LogP contribution in [0.2, 0.25) is 0 Å². The Morgan fingerprint density at radius 1 is 1.17 bits per heavy atom. The molecule has 1 aliphatic heterocycles. The minimum atomic E-state index is -3.60. The summed E-state index contributed by atoms with van der Waals surface area (Å²) in [6, 6.07) is 13.4. The molecule has 0 aliphatic carbocycles. The summed E-state index contributed by atoms with van der Waals surface area (Å²) in [5.74, 6) is -0.385. The molecular formula is C21H18O6S2. The summed E-state index contributed by atoms with van der Waals surface area (Å²) in [7, 11) is -2.39. The number of hydrogen-bond donors (Lipinski definition) is 1. The van der Waals surface area contributed by atoms with Gasteiger partial charge in [-0.05, 0) is 59.2 Å². The molecule has 150 valence electrons. The number of carbonyl (C=O) groups excluding carboxylic acids is 1. The normalized spacial score (nSPS) is 13.0. The molecule has 8 heteroatoms. The molecule has 0 unspecified atom stereocenters. The van der Waals surface area contributed by atoms with Crippen LogP contribution in [0.5, 0.6) is 11.5 Å². The molecule has 3 aromatic rings. The van der Waals surface area contributed by atoms with Crippen molar-refractivity contribution in [1.29, 1.82) is 0 Å². The SMILES string of the molecule is COC(=O)c1ccc(CS(=O)(=O)c2ccc(-c3ccc4c(c3)CCO4)s2)cc1O. The third-order valence-corrected chi connectivity index (χ3v) is 8.09. The number of thiophene rings is 1. The number of ether oxygens (including phenoxy) is 2. The molecule has 0 spiro atoms. The van der Waals surface area contributed by atoms with Gasteiger partial charge in [0.1, 0.15) is 21.3 Å². The van der Waals surface area contributed by atoms with Crippen molar-refractivity contribution in [2.24, 2.45) is 0 Å². The van der Waals surface area contributed by atoms with Crippen molar-refractivity contribution in [3.8, 4) is 21.9 Å². The van der Waals surface area contributed by atoms with Crippen LogP contribution in [0, 0.1) is 0 Å². The number of carbonyl (C=O) groups is 1. The van der Waals surface area contributed by atoms with E-state index in [1.807, 2.05) is 18.2 Å². The van der Waals surface area contributed by atoms with Crippen molar-refractivity contribution < 1.29 is 27.8 Å². The van der Waals surface area contributed by atoms with E-state index < -0.39 is 15.8 Å². The van der Waals surface area contributed by atoms with E-state index in [0.717, 1.165) is 28.2 Å². The van der Waals surface area contributed by atoms with E-state index in [0.29, 0.717) is 12.2 Å². The average Bonchev–Trinajstić information content (AvgIpc) is 3.36. The zero-order valence-electron chi connectivity index (χ0n) is 15.5. The van der Waals surface area contributed by atoms with Gasteiger partial charge in [0.25, 0.3) is 0 Å². The molecule has 0 fully saturated rings. The second kappa shape index (κ2) is 7.53. The minimum absolute atomic E-state index is 0.00681. The van der Waals surface area contributed by atoms with Crippen LogP contribution in [0.3, 0.4) is 0 Å². The standard InChI is InChI=1S/C21H18O6S2/c1-26-21(23)16-4-2-13(10-17(16)22)12-29(24,25)20-7-6-19(28-20)15-3-5-18-14(11-15)8-9-27-18/h2-7,10-11,22H,8-9,12H2,1H3. The van der Waals surface area contributed by atoms with Crippen molar-refractivity contribution >= 4 is 27.1 Å². The van der Waals surface area contributed by atoms with Crippen molar-refractivity contribution in [1.82, 2.24) is 0 Å². The van der Waals surface area contributed by atoms with Crippen LogP contribution < -0.4 is 4.74 Å². The average molecular weight is 431 g/mol. The highest BCUT2D eigenvalue weighted by atomic mass is 32.2. The van der Waals surface area contributed by atoms with Gasteiger partial charge in [-0.3, -0.25) is 0 Å². The Bertz CT molecular complexity index is 1190. The molecule has 29 heavy (non-hydrogen) atoms. The lowest BCUT2D eigenvalue weighted by atomic mass is 10.1. The van der Waals surface area contributed by atoms with Gasteiger partial charge in [0.05, 0.1) is 19.5 Å². The monoisotopic (exact) mass is 430 g/mol. The molecular weight excluding hydrogens is 412 g/mol. The number of aromatic hydroxyl groups is 1. The van der Waals surface area contributed by atoms with Gasteiger partial charge in [-0.25, -0.2) is 13.2 Å². The Labute approximate surface area is 172 Å². The molecule has 6 nitrogen and oxygen atoms in total. The topological polar surface area (TPSA) is 89.9 Å². The van der Waals surface area contributed by atoms with E-state index >= 15 is 0 Å².